The summed E-state index contributed by atoms with van der Waals surface area (Å²) < 4.78 is 27.4. The molecule has 196 valence electrons. The molecule has 1 aliphatic rings. The molecule has 0 radical (unpaired) electrons. The van der Waals surface area contributed by atoms with Gasteiger partial charge in [0.15, 0.2) is 15.8 Å². The number of carbonyl (C=O) groups is 2. The maximum Gasteiger partial charge on any atom is 0.285 e. The van der Waals surface area contributed by atoms with Crippen molar-refractivity contribution in [2.75, 3.05) is 6.61 Å². The highest BCUT2D eigenvalue weighted by Gasteiger charge is 2.34. The Labute approximate surface area is 249 Å². The van der Waals surface area contributed by atoms with E-state index in [0.29, 0.717) is 38.6 Å². The SMILES string of the molecule is CCOc1cc(/C=C2/SC(=S)N(NC(=O)c3ccc(Br)cc3)C2=O)cc(Br)c1OCc1c(F)cccc1Cl. The predicted molar refractivity (Wildman–Crippen MR) is 158 cm³/mol. The molecule has 0 bridgehead atoms. The minimum atomic E-state index is -0.475. The van der Waals surface area contributed by atoms with Crippen LogP contribution in [0.2, 0.25) is 5.02 Å². The summed E-state index contributed by atoms with van der Waals surface area (Å²) in [7, 11) is 0. The maximum atomic E-state index is 14.2. The van der Waals surface area contributed by atoms with Gasteiger partial charge in [-0.25, -0.2) is 4.39 Å². The molecular formula is C26H18Br2ClFN2O4S2. The Morgan fingerprint density at radius 2 is 1.92 bits per heavy atom. The highest BCUT2D eigenvalue weighted by atomic mass is 79.9. The van der Waals surface area contributed by atoms with Crippen molar-refractivity contribution < 1.29 is 23.5 Å². The molecule has 0 saturated carbocycles. The van der Waals surface area contributed by atoms with Crippen molar-refractivity contribution in [3.8, 4) is 11.5 Å². The Morgan fingerprint density at radius 1 is 1.18 bits per heavy atom. The third kappa shape index (κ3) is 6.58. The van der Waals surface area contributed by atoms with E-state index >= 15 is 0 Å². The minimum absolute atomic E-state index is 0.111. The van der Waals surface area contributed by atoms with E-state index in [-0.39, 0.29) is 21.5 Å². The van der Waals surface area contributed by atoms with Crippen LogP contribution in [0.25, 0.3) is 6.08 Å². The Kier molecular flexibility index (Phi) is 9.48. The Bertz CT molecular complexity index is 1430. The lowest BCUT2D eigenvalue weighted by atomic mass is 10.1. The minimum Gasteiger partial charge on any atom is -0.490 e. The van der Waals surface area contributed by atoms with Crippen LogP contribution in [-0.2, 0) is 11.4 Å². The van der Waals surface area contributed by atoms with Crippen LogP contribution in [0.5, 0.6) is 11.5 Å². The van der Waals surface area contributed by atoms with Gasteiger partial charge in [-0.15, -0.1) is 0 Å². The molecule has 38 heavy (non-hydrogen) atoms. The standard InChI is InChI=1S/C26H18Br2ClFN2O4S2/c1-2-35-21-11-14(10-18(28)23(21)36-13-17-19(29)4-3-5-20(17)30)12-22-25(34)32(26(37)38-22)31-24(33)15-6-8-16(27)9-7-15/h3-12H,2,13H2,1H3,(H,31,33)/b22-12+. The van der Waals surface area contributed by atoms with Gasteiger partial charge < -0.3 is 9.47 Å². The third-order valence-electron chi connectivity index (χ3n) is 5.17. The van der Waals surface area contributed by atoms with E-state index in [2.05, 4.69) is 37.3 Å². The molecule has 12 heteroatoms. The Hall–Kier alpha value is -2.44. The number of hydrogen-bond acceptors (Lipinski definition) is 6. The number of thiocarbonyl (C=S) groups is 1. The number of hydrogen-bond donors (Lipinski definition) is 1. The summed E-state index contributed by atoms with van der Waals surface area (Å²) >= 11 is 19.3. The van der Waals surface area contributed by atoms with Crippen LogP contribution in [-0.4, -0.2) is 27.8 Å². The van der Waals surface area contributed by atoms with Gasteiger partial charge in [-0.3, -0.25) is 15.0 Å². The summed E-state index contributed by atoms with van der Waals surface area (Å²) in [4.78, 5) is 25.9. The van der Waals surface area contributed by atoms with E-state index in [1.807, 2.05) is 6.92 Å². The molecule has 0 aromatic heterocycles. The quantitative estimate of drug-likeness (QED) is 0.194. The van der Waals surface area contributed by atoms with Crippen molar-refractivity contribution in [1.29, 1.82) is 0 Å². The van der Waals surface area contributed by atoms with Crippen LogP contribution in [0.1, 0.15) is 28.4 Å². The first-order chi connectivity index (χ1) is 18.2. The summed E-state index contributed by atoms with van der Waals surface area (Å²) in [5.41, 5.74) is 3.78. The topological polar surface area (TPSA) is 67.9 Å². The normalized spacial score (nSPS) is 14.2. The fourth-order valence-corrected chi connectivity index (χ4v) is 5.61. The van der Waals surface area contributed by atoms with Crippen LogP contribution >= 0.6 is 67.4 Å². The molecular weight excluding hydrogens is 683 g/mol. The fraction of sp³-hybridized carbons (Fsp3) is 0.115. The average molecular weight is 701 g/mol. The molecule has 2 amide bonds. The molecule has 1 N–H and O–H groups in total. The highest BCUT2D eigenvalue weighted by Crippen LogP contribution is 2.40. The second-order valence-electron chi connectivity index (χ2n) is 7.72. The number of benzene rings is 3. The molecule has 0 aliphatic carbocycles. The molecule has 1 saturated heterocycles. The maximum absolute atomic E-state index is 14.2. The van der Waals surface area contributed by atoms with Crippen molar-refractivity contribution in [2.24, 2.45) is 0 Å². The van der Waals surface area contributed by atoms with Crippen molar-refractivity contribution in [3.05, 3.63) is 96.0 Å². The summed E-state index contributed by atoms with van der Waals surface area (Å²) in [6.07, 6.45) is 1.63. The number of nitrogens with zero attached hydrogens (tertiary/aromatic N) is 1. The Morgan fingerprint density at radius 3 is 2.61 bits per heavy atom. The first kappa shape index (κ1) is 28.6. The van der Waals surface area contributed by atoms with E-state index in [9.17, 15) is 14.0 Å². The van der Waals surface area contributed by atoms with Gasteiger partial charge in [0.2, 0.25) is 0 Å². The molecule has 3 aromatic carbocycles. The van der Waals surface area contributed by atoms with E-state index in [1.165, 1.54) is 12.1 Å². The van der Waals surface area contributed by atoms with Crippen molar-refractivity contribution >= 4 is 89.7 Å². The molecule has 4 rings (SSSR count). The first-order valence-corrected chi connectivity index (χ1v) is 14.2. The molecule has 0 spiro atoms. The van der Waals surface area contributed by atoms with E-state index in [4.69, 9.17) is 33.3 Å². The van der Waals surface area contributed by atoms with Crippen LogP contribution in [0.15, 0.2) is 68.4 Å². The second-order valence-corrected chi connectivity index (χ2v) is 11.6. The summed E-state index contributed by atoms with van der Waals surface area (Å²) in [5.74, 6) is -0.656. The lowest BCUT2D eigenvalue weighted by molar-refractivity contribution is -0.123. The molecule has 1 aliphatic heterocycles. The van der Waals surface area contributed by atoms with Crippen LogP contribution in [0.4, 0.5) is 4.39 Å². The highest BCUT2D eigenvalue weighted by molar-refractivity contribution is 9.10. The van der Waals surface area contributed by atoms with E-state index < -0.39 is 17.6 Å². The summed E-state index contributed by atoms with van der Waals surface area (Å²) in [6.45, 7) is 2.05. The number of carbonyl (C=O) groups excluding carboxylic acids is 2. The number of amides is 2. The van der Waals surface area contributed by atoms with Crippen LogP contribution in [0.3, 0.4) is 0 Å². The van der Waals surface area contributed by atoms with E-state index in [1.54, 1.807) is 48.5 Å². The number of nitrogens with one attached hydrogen (secondary N) is 1. The molecule has 3 aromatic rings. The fourth-order valence-electron chi connectivity index (χ4n) is 3.37. The monoisotopic (exact) mass is 698 g/mol. The van der Waals surface area contributed by atoms with Gasteiger partial charge in [0, 0.05) is 15.6 Å². The number of hydrazine groups is 1. The second kappa shape index (κ2) is 12.6. The molecule has 0 atom stereocenters. The van der Waals surface area contributed by atoms with Gasteiger partial charge in [-0.05, 0) is 95.2 Å². The van der Waals surface area contributed by atoms with Gasteiger partial charge in [0.1, 0.15) is 12.4 Å². The Balaban J connectivity index is 1.54. The zero-order chi connectivity index (χ0) is 27.4. The van der Waals surface area contributed by atoms with Gasteiger partial charge in [-0.2, -0.15) is 5.01 Å². The first-order valence-electron chi connectivity index (χ1n) is 11.0. The zero-order valence-electron chi connectivity index (χ0n) is 19.6. The molecule has 1 heterocycles. The number of thioether (sulfide) groups is 1. The average Bonchev–Trinajstić information content (AvgIpc) is 3.12. The smallest absolute Gasteiger partial charge is 0.285 e. The predicted octanol–water partition coefficient (Wildman–Crippen LogP) is 7.53. The molecule has 1 fully saturated rings. The number of halogens is 4. The van der Waals surface area contributed by atoms with Crippen molar-refractivity contribution in [1.82, 2.24) is 10.4 Å². The lowest BCUT2D eigenvalue weighted by Gasteiger charge is -2.16. The van der Waals surface area contributed by atoms with Crippen molar-refractivity contribution in [3.63, 3.8) is 0 Å². The third-order valence-corrected chi connectivity index (χ3v) is 7.94. The van der Waals surface area contributed by atoms with Gasteiger partial charge >= 0.3 is 0 Å². The van der Waals surface area contributed by atoms with Gasteiger partial charge in [0.25, 0.3) is 11.8 Å². The number of rotatable bonds is 8. The van der Waals surface area contributed by atoms with Gasteiger partial charge in [0.05, 0.1) is 21.0 Å². The molecule has 0 unspecified atom stereocenters. The molecule has 6 nitrogen and oxygen atoms in total. The van der Waals surface area contributed by atoms with Gasteiger partial charge in [-0.1, -0.05) is 45.4 Å². The van der Waals surface area contributed by atoms with Crippen LogP contribution < -0.4 is 14.9 Å². The largest absolute Gasteiger partial charge is 0.490 e. The zero-order valence-corrected chi connectivity index (χ0v) is 25.2. The van der Waals surface area contributed by atoms with Crippen LogP contribution in [0, 0.1) is 5.82 Å². The summed E-state index contributed by atoms with van der Waals surface area (Å²) in [5, 5.41) is 1.30. The lowest BCUT2D eigenvalue weighted by Crippen LogP contribution is -2.44. The summed E-state index contributed by atoms with van der Waals surface area (Å²) in [6, 6.07) is 14.6. The van der Waals surface area contributed by atoms with E-state index in [0.717, 1.165) is 21.2 Å². The number of ether oxygens (including phenoxy) is 2. The van der Waals surface area contributed by atoms with Crippen molar-refractivity contribution in [2.45, 2.75) is 13.5 Å².